The van der Waals surface area contributed by atoms with Gasteiger partial charge in [-0.1, -0.05) is 18.2 Å². The number of hydrogen-bond donors (Lipinski definition) is 1. The molecule has 2 atom stereocenters. The van der Waals surface area contributed by atoms with E-state index in [1.54, 1.807) is 19.2 Å². The van der Waals surface area contributed by atoms with Gasteiger partial charge in [-0.3, -0.25) is 0 Å². The monoisotopic (exact) mass is 315 g/mol. The van der Waals surface area contributed by atoms with Gasteiger partial charge in [0.05, 0.1) is 7.11 Å². The summed E-state index contributed by atoms with van der Waals surface area (Å²) in [4.78, 5) is 0. The molecule has 0 unspecified atom stereocenters. The summed E-state index contributed by atoms with van der Waals surface area (Å²) in [5.41, 5.74) is 2.86. The zero-order valence-corrected chi connectivity index (χ0v) is 13.7. The fourth-order valence-corrected chi connectivity index (χ4v) is 3.01. The molecule has 0 aromatic heterocycles. The van der Waals surface area contributed by atoms with Gasteiger partial charge < -0.3 is 14.8 Å². The van der Waals surface area contributed by atoms with Crippen LogP contribution in [0.1, 0.15) is 36.6 Å². The van der Waals surface area contributed by atoms with Crippen molar-refractivity contribution in [1.29, 1.82) is 0 Å². The summed E-state index contributed by atoms with van der Waals surface area (Å²) < 4.78 is 25.2. The van der Waals surface area contributed by atoms with Crippen LogP contribution in [0, 0.1) is 5.82 Å². The molecular weight excluding hydrogens is 293 g/mol. The third-order valence-electron chi connectivity index (χ3n) is 4.27. The topological polar surface area (TPSA) is 30.5 Å². The Hall–Kier alpha value is -2.07. The number of halogens is 1. The molecule has 0 spiro atoms. The van der Waals surface area contributed by atoms with Crippen LogP contribution in [0.25, 0.3) is 0 Å². The van der Waals surface area contributed by atoms with E-state index in [-0.39, 0.29) is 18.0 Å². The second kappa shape index (κ2) is 6.59. The third-order valence-corrected chi connectivity index (χ3v) is 4.27. The van der Waals surface area contributed by atoms with Crippen LogP contribution < -0.4 is 14.8 Å². The van der Waals surface area contributed by atoms with Crippen molar-refractivity contribution in [3.05, 3.63) is 58.9 Å². The number of rotatable bonds is 5. The highest BCUT2D eigenvalue weighted by Crippen LogP contribution is 2.35. The normalized spacial score (nSPS) is 17.5. The third kappa shape index (κ3) is 3.32. The van der Waals surface area contributed by atoms with Gasteiger partial charge in [-0.2, -0.15) is 0 Å². The van der Waals surface area contributed by atoms with Crippen LogP contribution in [0.2, 0.25) is 0 Å². The first-order valence-corrected chi connectivity index (χ1v) is 7.92. The van der Waals surface area contributed by atoms with E-state index in [9.17, 15) is 4.39 Å². The molecule has 122 valence electrons. The van der Waals surface area contributed by atoms with Crippen LogP contribution in [0.15, 0.2) is 36.4 Å². The van der Waals surface area contributed by atoms with Crippen LogP contribution >= 0.6 is 0 Å². The van der Waals surface area contributed by atoms with Gasteiger partial charge >= 0.3 is 0 Å². The van der Waals surface area contributed by atoms with Gasteiger partial charge in [0.1, 0.15) is 23.4 Å². The largest absolute Gasteiger partial charge is 0.496 e. The van der Waals surface area contributed by atoms with Crippen LogP contribution in [0.4, 0.5) is 4.39 Å². The molecule has 0 saturated heterocycles. The molecule has 2 aromatic carbocycles. The van der Waals surface area contributed by atoms with Crippen molar-refractivity contribution in [2.75, 3.05) is 7.11 Å². The summed E-state index contributed by atoms with van der Waals surface area (Å²) in [6.07, 6.45) is 1.11. The fraction of sp³-hybridized carbons (Fsp3) is 0.368. The minimum absolute atomic E-state index is 0.0889. The number of nitrogens with one attached hydrogen (secondary N) is 1. The molecule has 0 amide bonds. The molecule has 0 radical (unpaired) electrons. The maximum atomic E-state index is 13.8. The first-order chi connectivity index (χ1) is 11.1. The second-order valence-corrected chi connectivity index (χ2v) is 6.03. The van der Waals surface area contributed by atoms with Crippen molar-refractivity contribution in [3.8, 4) is 11.5 Å². The van der Waals surface area contributed by atoms with E-state index in [0.717, 1.165) is 23.5 Å². The van der Waals surface area contributed by atoms with Crippen molar-refractivity contribution in [1.82, 2.24) is 5.32 Å². The van der Waals surface area contributed by atoms with E-state index in [4.69, 9.17) is 9.47 Å². The summed E-state index contributed by atoms with van der Waals surface area (Å²) >= 11 is 0. The zero-order valence-electron chi connectivity index (χ0n) is 13.7. The Morgan fingerprint density at radius 3 is 2.87 bits per heavy atom. The highest BCUT2D eigenvalue weighted by Gasteiger charge is 2.22. The number of methoxy groups -OCH3 is 1. The van der Waals surface area contributed by atoms with Crippen LogP contribution in [0.3, 0.4) is 0 Å². The Labute approximate surface area is 136 Å². The van der Waals surface area contributed by atoms with Crippen LogP contribution in [-0.4, -0.2) is 13.2 Å². The minimum atomic E-state index is -0.189. The lowest BCUT2D eigenvalue weighted by Gasteiger charge is -2.17. The first kappa shape index (κ1) is 15.8. The number of ether oxygens (including phenoxy) is 2. The molecule has 1 N–H and O–H groups in total. The molecule has 0 bridgehead atoms. The Bertz CT molecular complexity index is 702. The van der Waals surface area contributed by atoms with Crippen molar-refractivity contribution in [2.24, 2.45) is 0 Å². The van der Waals surface area contributed by atoms with E-state index >= 15 is 0 Å². The van der Waals surface area contributed by atoms with Gasteiger partial charge in [-0.05, 0) is 32.0 Å². The summed E-state index contributed by atoms with van der Waals surface area (Å²) in [5.74, 6) is 1.58. The molecule has 1 heterocycles. The molecule has 1 aliphatic heterocycles. The van der Waals surface area contributed by atoms with E-state index in [2.05, 4.69) is 12.2 Å². The molecular formula is C19H22FNO2. The number of benzene rings is 2. The van der Waals surface area contributed by atoms with Crippen molar-refractivity contribution < 1.29 is 13.9 Å². The molecule has 3 nitrogen and oxygen atoms in total. The van der Waals surface area contributed by atoms with E-state index in [1.165, 1.54) is 11.6 Å². The zero-order chi connectivity index (χ0) is 16.4. The standard InChI is InChI=1S/C19H22FNO2/c1-12-8-14-9-18(22-3)15(10-19(14)23-12)11-21-13(2)16-6-4-5-7-17(16)20/h4-7,9-10,12-13,21H,8,11H2,1-3H3/t12-,13-/m1/s1. The highest BCUT2D eigenvalue weighted by molar-refractivity contribution is 5.48. The Morgan fingerprint density at radius 2 is 2.13 bits per heavy atom. The molecule has 0 aliphatic carbocycles. The molecule has 23 heavy (non-hydrogen) atoms. The molecule has 0 fully saturated rings. The van der Waals surface area contributed by atoms with Crippen molar-refractivity contribution >= 4 is 0 Å². The fourth-order valence-electron chi connectivity index (χ4n) is 3.01. The van der Waals surface area contributed by atoms with Gasteiger partial charge in [-0.25, -0.2) is 4.39 Å². The molecule has 4 heteroatoms. The number of fused-ring (bicyclic) bond motifs is 1. The Kier molecular flexibility index (Phi) is 4.53. The average Bonchev–Trinajstić information content (AvgIpc) is 2.90. The highest BCUT2D eigenvalue weighted by atomic mass is 19.1. The lowest BCUT2D eigenvalue weighted by Crippen LogP contribution is -2.19. The number of hydrogen-bond acceptors (Lipinski definition) is 3. The first-order valence-electron chi connectivity index (χ1n) is 7.92. The summed E-state index contributed by atoms with van der Waals surface area (Å²) in [5, 5.41) is 3.36. The lowest BCUT2D eigenvalue weighted by atomic mass is 10.0. The van der Waals surface area contributed by atoms with E-state index in [0.29, 0.717) is 12.1 Å². The van der Waals surface area contributed by atoms with Crippen LogP contribution in [-0.2, 0) is 13.0 Å². The molecule has 2 aromatic rings. The van der Waals surface area contributed by atoms with Gasteiger partial charge in [0.2, 0.25) is 0 Å². The predicted molar refractivity (Wildman–Crippen MR) is 88.4 cm³/mol. The van der Waals surface area contributed by atoms with E-state index < -0.39 is 0 Å². The van der Waals surface area contributed by atoms with Gasteiger partial charge in [0, 0.05) is 35.7 Å². The summed E-state index contributed by atoms with van der Waals surface area (Å²) in [6.45, 7) is 4.60. The van der Waals surface area contributed by atoms with Crippen molar-refractivity contribution in [3.63, 3.8) is 0 Å². The Balaban J connectivity index is 1.76. The molecule has 1 aliphatic rings. The average molecular weight is 315 g/mol. The van der Waals surface area contributed by atoms with Gasteiger partial charge in [-0.15, -0.1) is 0 Å². The van der Waals surface area contributed by atoms with Gasteiger partial charge in [0.25, 0.3) is 0 Å². The lowest BCUT2D eigenvalue weighted by molar-refractivity contribution is 0.254. The quantitative estimate of drug-likeness (QED) is 0.904. The van der Waals surface area contributed by atoms with Crippen molar-refractivity contribution in [2.45, 2.75) is 39.0 Å². The van der Waals surface area contributed by atoms with Gasteiger partial charge in [0.15, 0.2) is 0 Å². The smallest absolute Gasteiger partial charge is 0.127 e. The summed E-state index contributed by atoms with van der Waals surface area (Å²) in [7, 11) is 1.67. The minimum Gasteiger partial charge on any atom is -0.496 e. The molecule has 0 saturated carbocycles. The Morgan fingerprint density at radius 1 is 1.35 bits per heavy atom. The summed E-state index contributed by atoms with van der Waals surface area (Å²) in [6, 6.07) is 10.8. The van der Waals surface area contributed by atoms with E-state index in [1.807, 2.05) is 25.1 Å². The molecule has 3 rings (SSSR count). The second-order valence-electron chi connectivity index (χ2n) is 6.03. The SMILES string of the molecule is COc1cc2c(cc1CN[C@H](C)c1ccccc1F)O[C@H](C)C2. The van der Waals surface area contributed by atoms with Crippen LogP contribution in [0.5, 0.6) is 11.5 Å². The maximum absolute atomic E-state index is 13.8. The maximum Gasteiger partial charge on any atom is 0.127 e. The predicted octanol–water partition coefficient (Wildman–Crippen LogP) is 4.01.